The molecule has 22 heavy (non-hydrogen) atoms. The molecule has 0 heterocycles. The number of unbranched alkanes of at least 4 members (excludes halogenated alkanes) is 1. The van der Waals surface area contributed by atoms with Gasteiger partial charge in [-0.25, -0.2) is 0 Å². The minimum absolute atomic E-state index is 0.140. The van der Waals surface area contributed by atoms with Gasteiger partial charge in [-0.05, 0) is 19.3 Å². The molecule has 0 aromatic rings. The summed E-state index contributed by atoms with van der Waals surface area (Å²) in [7, 11) is 0. The lowest BCUT2D eigenvalue weighted by Gasteiger charge is -2.18. The molecule has 0 aromatic heterocycles. The second-order valence-corrected chi connectivity index (χ2v) is 5.49. The van der Waals surface area contributed by atoms with Crippen molar-refractivity contribution in [3.8, 4) is 0 Å². The number of nitrogens with one attached hydrogen (secondary N) is 2. The SMILES string of the molecule is N[C@@H](CCCCNC(=O)[C@H](CS)NC(=O)[C@@H](N)CS)C(=O)O. The number of hydrogen-bond acceptors (Lipinski definition) is 7. The fourth-order valence-electron chi connectivity index (χ4n) is 1.50. The Hall–Kier alpha value is -0.970. The van der Waals surface area contributed by atoms with Crippen molar-refractivity contribution in [3.63, 3.8) is 0 Å². The summed E-state index contributed by atoms with van der Waals surface area (Å²) in [6.07, 6.45) is 1.51. The zero-order chi connectivity index (χ0) is 17.1. The van der Waals surface area contributed by atoms with E-state index in [-0.39, 0.29) is 17.4 Å². The standard InChI is InChI=1S/C12H24N4O4S2/c13-7(12(19)20)3-1-2-4-15-11(18)9(6-22)16-10(17)8(14)5-21/h7-9,21-22H,1-6,13-14H2,(H,15,18)(H,16,17)(H,19,20)/t7-,8-,9-/m0/s1. The Bertz CT molecular complexity index is 384. The normalized spacial score (nSPS) is 14.7. The molecule has 0 bridgehead atoms. The van der Waals surface area contributed by atoms with Crippen LogP contribution in [0.4, 0.5) is 0 Å². The molecular weight excluding hydrogens is 328 g/mol. The average molecular weight is 352 g/mol. The van der Waals surface area contributed by atoms with Gasteiger partial charge in [-0.15, -0.1) is 0 Å². The third-order valence-corrected chi connectivity index (χ3v) is 3.67. The Labute approximate surface area is 140 Å². The van der Waals surface area contributed by atoms with Crippen molar-refractivity contribution >= 4 is 43.0 Å². The monoisotopic (exact) mass is 352 g/mol. The van der Waals surface area contributed by atoms with Crippen LogP contribution in [0.5, 0.6) is 0 Å². The van der Waals surface area contributed by atoms with E-state index in [4.69, 9.17) is 16.6 Å². The minimum atomic E-state index is -1.04. The third-order valence-electron chi connectivity index (χ3n) is 2.91. The molecule has 0 saturated heterocycles. The number of carbonyl (C=O) groups is 3. The number of hydrogen-bond donors (Lipinski definition) is 7. The van der Waals surface area contributed by atoms with Gasteiger partial charge in [0.2, 0.25) is 11.8 Å². The molecule has 0 unspecified atom stereocenters. The van der Waals surface area contributed by atoms with Crippen LogP contribution in [-0.4, -0.2) is 59.1 Å². The van der Waals surface area contributed by atoms with Crippen molar-refractivity contribution in [1.29, 1.82) is 0 Å². The number of rotatable bonds is 11. The Kier molecular flexibility index (Phi) is 11.1. The van der Waals surface area contributed by atoms with Gasteiger partial charge in [-0.2, -0.15) is 25.3 Å². The van der Waals surface area contributed by atoms with E-state index in [9.17, 15) is 14.4 Å². The molecule has 0 spiro atoms. The lowest BCUT2D eigenvalue weighted by atomic mass is 10.1. The van der Waals surface area contributed by atoms with E-state index in [2.05, 4.69) is 35.9 Å². The van der Waals surface area contributed by atoms with Gasteiger partial charge in [0.15, 0.2) is 0 Å². The number of nitrogens with two attached hydrogens (primary N) is 2. The summed E-state index contributed by atoms with van der Waals surface area (Å²) >= 11 is 7.93. The van der Waals surface area contributed by atoms with Crippen molar-refractivity contribution in [1.82, 2.24) is 10.6 Å². The maximum absolute atomic E-state index is 11.9. The zero-order valence-corrected chi connectivity index (χ0v) is 14.0. The fourth-order valence-corrected chi connectivity index (χ4v) is 1.93. The molecule has 0 aromatic carbocycles. The first-order valence-electron chi connectivity index (χ1n) is 6.87. The molecule has 0 rings (SSSR count). The van der Waals surface area contributed by atoms with Gasteiger partial charge in [-0.3, -0.25) is 14.4 Å². The summed E-state index contributed by atoms with van der Waals surface area (Å²) in [6, 6.07) is -2.44. The van der Waals surface area contributed by atoms with Gasteiger partial charge in [0, 0.05) is 18.1 Å². The largest absolute Gasteiger partial charge is 0.480 e. The molecule has 0 aliphatic heterocycles. The van der Waals surface area contributed by atoms with Gasteiger partial charge >= 0.3 is 5.97 Å². The van der Waals surface area contributed by atoms with Crippen LogP contribution in [0.3, 0.4) is 0 Å². The van der Waals surface area contributed by atoms with Crippen LogP contribution in [0.1, 0.15) is 19.3 Å². The first-order chi connectivity index (χ1) is 10.3. The number of thiol groups is 2. The maximum Gasteiger partial charge on any atom is 0.320 e. The molecule has 0 fully saturated rings. The van der Waals surface area contributed by atoms with Gasteiger partial charge in [0.1, 0.15) is 12.1 Å². The highest BCUT2D eigenvalue weighted by atomic mass is 32.1. The van der Waals surface area contributed by atoms with Crippen molar-refractivity contribution in [2.75, 3.05) is 18.1 Å². The highest BCUT2D eigenvalue weighted by molar-refractivity contribution is 7.80. The Morgan fingerprint density at radius 3 is 2.14 bits per heavy atom. The predicted molar refractivity (Wildman–Crippen MR) is 90.1 cm³/mol. The van der Waals surface area contributed by atoms with E-state index in [1.165, 1.54) is 0 Å². The second-order valence-electron chi connectivity index (χ2n) is 4.76. The molecule has 7 N–H and O–H groups in total. The third kappa shape index (κ3) is 8.47. The summed E-state index contributed by atoms with van der Waals surface area (Å²) < 4.78 is 0. The highest BCUT2D eigenvalue weighted by Crippen LogP contribution is 1.99. The zero-order valence-electron chi connectivity index (χ0n) is 12.2. The van der Waals surface area contributed by atoms with E-state index in [0.717, 1.165) is 0 Å². The topological polar surface area (TPSA) is 148 Å². The van der Waals surface area contributed by atoms with Gasteiger partial charge < -0.3 is 27.2 Å². The van der Waals surface area contributed by atoms with Crippen LogP contribution in [0, 0.1) is 0 Å². The number of carboxylic acids is 1. The van der Waals surface area contributed by atoms with Crippen molar-refractivity contribution < 1.29 is 19.5 Å². The molecule has 8 nitrogen and oxygen atoms in total. The average Bonchev–Trinajstić information content (AvgIpc) is 2.50. The number of amides is 2. The van der Waals surface area contributed by atoms with E-state index >= 15 is 0 Å². The molecular formula is C12H24N4O4S2. The number of carboxylic acid groups (broad SMARTS) is 1. The minimum Gasteiger partial charge on any atom is -0.480 e. The van der Waals surface area contributed by atoms with Crippen LogP contribution in [0.2, 0.25) is 0 Å². The molecule has 0 aliphatic rings. The molecule has 2 amide bonds. The Balaban J connectivity index is 4.02. The lowest BCUT2D eigenvalue weighted by Crippen LogP contribution is -2.53. The van der Waals surface area contributed by atoms with Crippen LogP contribution in [0.15, 0.2) is 0 Å². The van der Waals surface area contributed by atoms with E-state index < -0.39 is 30.0 Å². The van der Waals surface area contributed by atoms with Crippen LogP contribution in [-0.2, 0) is 14.4 Å². The van der Waals surface area contributed by atoms with Gasteiger partial charge in [-0.1, -0.05) is 0 Å². The number of carbonyl (C=O) groups excluding carboxylic acids is 2. The molecule has 10 heteroatoms. The summed E-state index contributed by atoms with van der Waals surface area (Å²) in [5, 5.41) is 13.8. The van der Waals surface area contributed by atoms with E-state index in [1.54, 1.807) is 0 Å². The second kappa shape index (κ2) is 11.6. The van der Waals surface area contributed by atoms with Crippen LogP contribution >= 0.6 is 25.3 Å². The van der Waals surface area contributed by atoms with Crippen molar-refractivity contribution in [3.05, 3.63) is 0 Å². The summed E-state index contributed by atoms with van der Waals surface area (Å²) in [5.74, 6) is -1.55. The summed E-state index contributed by atoms with van der Waals surface area (Å²) in [6.45, 7) is 0.365. The lowest BCUT2D eigenvalue weighted by molar-refractivity contribution is -0.138. The van der Waals surface area contributed by atoms with Crippen molar-refractivity contribution in [2.45, 2.75) is 37.4 Å². The quantitative estimate of drug-likeness (QED) is 0.175. The summed E-state index contributed by atoms with van der Waals surface area (Å²) in [4.78, 5) is 34.0. The highest BCUT2D eigenvalue weighted by Gasteiger charge is 2.21. The molecule has 3 atom stereocenters. The summed E-state index contributed by atoms with van der Waals surface area (Å²) in [5.41, 5.74) is 10.9. The Morgan fingerprint density at radius 2 is 1.64 bits per heavy atom. The molecule has 0 radical (unpaired) electrons. The molecule has 0 saturated carbocycles. The smallest absolute Gasteiger partial charge is 0.320 e. The maximum atomic E-state index is 11.9. The van der Waals surface area contributed by atoms with E-state index in [0.29, 0.717) is 25.8 Å². The first-order valence-corrected chi connectivity index (χ1v) is 8.13. The number of aliphatic carboxylic acids is 1. The first kappa shape index (κ1) is 21.0. The van der Waals surface area contributed by atoms with Gasteiger partial charge in [0.25, 0.3) is 0 Å². The predicted octanol–water partition coefficient (Wildman–Crippen LogP) is -1.64. The van der Waals surface area contributed by atoms with Crippen LogP contribution < -0.4 is 22.1 Å². The van der Waals surface area contributed by atoms with Crippen molar-refractivity contribution in [2.24, 2.45) is 11.5 Å². The van der Waals surface area contributed by atoms with Gasteiger partial charge in [0.05, 0.1) is 6.04 Å². The molecule has 128 valence electrons. The Morgan fingerprint density at radius 1 is 1.00 bits per heavy atom. The van der Waals surface area contributed by atoms with Crippen LogP contribution in [0.25, 0.3) is 0 Å². The van der Waals surface area contributed by atoms with E-state index in [1.807, 2.05) is 0 Å². The fraction of sp³-hybridized carbons (Fsp3) is 0.750. The molecule has 0 aliphatic carbocycles.